The fourth-order valence-electron chi connectivity index (χ4n) is 2.91. The Bertz CT molecular complexity index is 892. The number of phenolic OH excluding ortho intramolecular Hbond substituents is 1. The second-order valence-electron chi connectivity index (χ2n) is 5.63. The molecule has 7 nitrogen and oxygen atoms in total. The third-order valence-corrected chi connectivity index (χ3v) is 4.05. The first-order valence-electron chi connectivity index (χ1n) is 7.19. The molecule has 2 amide bonds. The van der Waals surface area contributed by atoms with Crippen molar-refractivity contribution in [3.05, 3.63) is 34.4 Å². The minimum absolute atomic E-state index is 0.124. The van der Waals surface area contributed by atoms with Crippen LogP contribution in [0.5, 0.6) is 5.75 Å². The van der Waals surface area contributed by atoms with Crippen LogP contribution in [0, 0.1) is 6.92 Å². The van der Waals surface area contributed by atoms with Crippen LogP contribution in [0.3, 0.4) is 0 Å². The summed E-state index contributed by atoms with van der Waals surface area (Å²) in [7, 11) is 6.21. The van der Waals surface area contributed by atoms with Crippen LogP contribution in [-0.4, -0.2) is 34.3 Å². The minimum atomic E-state index is -1.69. The second-order valence-corrected chi connectivity index (χ2v) is 5.63. The lowest BCUT2D eigenvalue weighted by atomic mass is 9.73. The molecule has 1 fully saturated rings. The van der Waals surface area contributed by atoms with Gasteiger partial charge in [-0.15, -0.1) is 0 Å². The molecule has 1 saturated heterocycles. The molecule has 3 rings (SSSR count). The van der Waals surface area contributed by atoms with Gasteiger partial charge >= 0.3 is 0 Å². The van der Waals surface area contributed by atoms with E-state index in [1.165, 1.54) is 25.1 Å². The van der Waals surface area contributed by atoms with E-state index in [0.29, 0.717) is 6.42 Å². The predicted octanol–water partition coefficient (Wildman–Crippen LogP) is 0.0585. The van der Waals surface area contributed by atoms with Gasteiger partial charge in [-0.05, 0) is 31.9 Å². The van der Waals surface area contributed by atoms with E-state index in [2.05, 4.69) is 10.3 Å². The van der Waals surface area contributed by atoms with Crippen LogP contribution in [0.25, 0.3) is 10.9 Å². The van der Waals surface area contributed by atoms with Gasteiger partial charge in [-0.3, -0.25) is 24.3 Å². The lowest BCUT2D eigenvalue weighted by molar-refractivity contribution is -0.132. The van der Waals surface area contributed by atoms with Gasteiger partial charge in [0.1, 0.15) is 24.9 Å². The number of imide groups is 1. The summed E-state index contributed by atoms with van der Waals surface area (Å²) in [6.07, 6.45) is 0.676. The molecule has 0 saturated carbocycles. The fraction of sp³-hybridized carbons (Fsp3) is 0.333. The molecule has 1 unspecified atom stereocenters. The number of carbonyl (C=O) groups excluding carboxylic acids is 2. The average Bonchev–Trinajstić information content (AvgIpc) is 2.60. The number of fused-ring (bicyclic) bond motifs is 1. The summed E-state index contributed by atoms with van der Waals surface area (Å²) in [4.78, 5) is 40.9. The molecular formula is C15H14BN3O4. The summed E-state index contributed by atoms with van der Waals surface area (Å²) in [6.45, 7) is 1.53. The van der Waals surface area contributed by atoms with Crippen molar-refractivity contribution in [2.75, 3.05) is 0 Å². The van der Waals surface area contributed by atoms with Gasteiger partial charge in [-0.25, -0.2) is 4.98 Å². The molecule has 0 aliphatic carbocycles. The van der Waals surface area contributed by atoms with Gasteiger partial charge in [-0.1, -0.05) is 6.07 Å². The second kappa shape index (κ2) is 5.22. The van der Waals surface area contributed by atoms with Crippen LogP contribution in [0.2, 0.25) is 0 Å². The van der Waals surface area contributed by atoms with Crippen LogP contribution in [0.4, 0.5) is 0 Å². The van der Waals surface area contributed by atoms with Gasteiger partial charge in [0.25, 0.3) is 5.56 Å². The zero-order valence-corrected chi connectivity index (χ0v) is 12.5. The number of amides is 2. The maximum atomic E-state index is 12.8. The quantitative estimate of drug-likeness (QED) is 0.573. The average molecular weight is 311 g/mol. The van der Waals surface area contributed by atoms with Crippen molar-refractivity contribution in [1.29, 1.82) is 0 Å². The summed E-state index contributed by atoms with van der Waals surface area (Å²) in [5, 5.41) is 12.2. The Morgan fingerprint density at radius 1 is 1.35 bits per heavy atom. The summed E-state index contributed by atoms with van der Waals surface area (Å²) in [6, 6.07) is 4.44. The van der Waals surface area contributed by atoms with Gasteiger partial charge in [0.05, 0.1) is 10.8 Å². The van der Waals surface area contributed by atoms with Crippen LogP contribution < -0.4 is 10.9 Å². The molecular weight excluding hydrogens is 297 g/mol. The first-order valence-corrected chi connectivity index (χ1v) is 7.19. The number of hydrogen-bond donors (Lipinski definition) is 2. The van der Waals surface area contributed by atoms with E-state index in [1.807, 2.05) is 0 Å². The first-order chi connectivity index (χ1) is 10.8. The maximum Gasteiger partial charge on any atom is 0.261 e. The SMILES string of the molecule is [B]C1(n2c(C)nc3c(O)cccc3c2=O)CCCC(=O)NC1=O. The van der Waals surface area contributed by atoms with Gasteiger partial charge < -0.3 is 5.11 Å². The lowest BCUT2D eigenvalue weighted by Crippen LogP contribution is -2.54. The number of benzene rings is 1. The molecule has 0 spiro atoms. The van der Waals surface area contributed by atoms with Crippen molar-refractivity contribution in [1.82, 2.24) is 14.9 Å². The molecule has 1 atom stereocenters. The molecule has 8 heteroatoms. The molecule has 2 radical (unpaired) electrons. The van der Waals surface area contributed by atoms with E-state index in [-0.39, 0.29) is 35.3 Å². The van der Waals surface area contributed by atoms with Crippen LogP contribution >= 0.6 is 0 Å². The van der Waals surface area contributed by atoms with E-state index in [1.54, 1.807) is 0 Å². The number of nitrogens with zero attached hydrogens (tertiary/aromatic N) is 2. The molecule has 1 aromatic carbocycles. The molecule has 1 aliphatic rings. The highest BCUT2D eigenvalue weighted by molar-refractivity contribution is 6.28. The van der Waals surface area contributed by atoms with Crippen molar-refractivity contribution in [3.63, 3.8) is 0 Å². The molecule has 1 aliphatic heterocycles. The maximum absolute atomic E-state index is 12.8. The van der Waals surface area contributed by atoms with Crippen molar-refractivity contribution in [2.45, 2.75) is 31.6 Å². The van der Waals surface area contributed by atoms with E-state index in [4.69, 9.17) is 7.85 Å². The molecule has 2 heterocycles. The van der Waals surface area contributed by atoms with Gasteiger partial charge in [0.2, 0.25) is 11.8 Å². The lowest BCUT2D eigenvalue weighted by Gasteiger charge is -2.30. The molecule has 116 valence electrons. The first kappa shape index (κ1) is 15.3. The Kier molecular flexibility index (Phi) is 3.47. The minimum Gasteiger partial charge on any atom is -0.506 e. The number of carbonyl (C=O) groups is 2. The standard InChI is InChI=1S/C15H14BN3O4/c1-8-17-12-9(4-2-5-10(12)20)13(22)19(8)15(16)7-3-6-11(21)18-14(15)23/h2,4-5,20H,3,6-7H2,1H3,(H,18,21,23). The predicted molar refractivity (Wildman–Crippen MR) is 83.1 cm³/mol. The molecule has 1 aromatic heterocycles. The van der Waals surface area contributed by atoms with Crippen LogP contribution in [0.15, 0.2) is 23.0 Å². The summed E-state index contributed by atoms with van der Waals surface area (Å²) >= 11 is 0. The van der Waals surface area contributed by atoms with Crippen molar-refractivity contribution in [2.24, 2.45) is 0 Å². The van der Waals surface area contributed by atoms with Gasteiger partial charge in [-0.2, -0.15) is 0 Å². The number of aromatic nitrogens is 2. The Labute approximate surface area is 132 Å². The number of para-hydroxylation sites is 1. The number of aromatic hydroxyl groups is 1. The number of rotatable bonds is 1. The summed E-state index contributed by atoms with van der Waals surface area (Å²) in [5.74, 6) is -1.08. The third kappa shape index (κ3) is 2.30. The smallest absolute Gasteiger partial charge is 0.261 e. The molecule has 23 heavy (non-hydrogen) atoms. The zero-order chi connectivity index (χ0) is 16.8. The van der Waals surface area contributed by atoms with E-state index in [9.17, 15) is 19.5 Å². The third-order valence-electron chi connectivity index (χ3n) is 4.05. The summed E-state index contributed by atoms with van der Waals surface area (Å²) < 4.78 is 1.10. The zero-order valence-electron chi connectivity index (χ0n) is 12.5. The van der Waals surface area contributed by atoms with Gasteiger partial charge in [0.15, 0.2) is 0 Å². The highest BCUT2D eigenvalue weighted by Crippen LogP contribution is 2.26. The number of nitrogens with one attached hydrogen (secondary N) is 1. The Morgan fingerprint density at radius 2 is 2.09 bits per heavy atom. The normalized spacial score (nSPS) is 22.0. The van der Waals surface area contributed by atoms with Crippen molar-refractivity contribution in [3.8, 4) is 5.75 Å². The Hall–Kier alpha value is -2.64. The summed E-state index contributed by atoms with van der Waals surface area (Å²) in [5.41, 5.74) is -2.07. The Morgan fingerprint density at radius 3 is 2.83 bits per heavy atom. The fourth-order valence-corrected chi connectivity index (χ4v) is 2.91. The van der Waals surface area contributed by atoms with E-state index < -0.39 is 22.8 Å². The van der Waals surface area contributed by atoms with E-state index in [0.717, 1.165) is 4.57 Å². The van der Waals surface area contributed by atoms with Crippen molar-refractivity contribution >= 4 is 30.6 Å². The van der Waals surface area contributed by atoms with Crippen LogP contribution in [-0.2, 0) is 15.0 Å². The topological polar surface area (TPSA) is 101 Å². The van der Waals surface area contributed by atoms with Crippen LogP contribution in [0.1, 0.15) is 25.1 Å². The molecule has 0 bridgehead atoms. The monoisotopic (exact) mass is 311 g/mol. The number of hydrogen-bond acceptors (Lipinski definition) is 5. The Balaban J connectivity index is 2.29. The largest absolute Gasteiger partial charge is 0.506 e. The van der Waals surface area contributed by atoms with E-state index >= 15 is 0 Å². The van der Waals surface area contributed by atoms with Gasteiger partial charge in [0, 0.05) is 6.42 Å². The highest BCUT2D eigenvalue weighted by atomic mass is 16.3. The molecule has 2 aromatic rings. The highest BCUT2D eigenvalue weighted by Gasteiger charge is 2.39. The molecule has 2 N–H and O–H groups in total. The number of phenols is 1. The van der Waals surface area contributed by atoms with Crippen molar-refractivity contribution < 1.29 is 14.7 Å². The number of aryl methyl sites for hydroxylation is 1.